The Labute approximate surface area is 159 Å². The first kappa shape index (κ1) is 20.0. The molecule has 0 atom stereocenters. The van der Waals surface area contributed by atoms with Crippen molar-refractivity contribution in [2.24, 2.45) is 0 Å². The Hall–Kier alpha value is -2.31. The summed E-state index contributed by atoms with van der Waals surface area (Å²) < 4.78 is 0. The lowest BCUT2D eigenvalue weighted by Crippen LogP contribution is -2.31. The molecule has 0 radical (unpaired) electrons. The highest BCUT2D eigenvalue weighted by atomic mass is 32.2. The average Bonchev–Trinajstić information content (AvgIpc) is 2.62. The summed E-state index contributed by atoms with van der Waals surface area (Å²) in [7, 11) is 3.91. The molecule has 0 aliphatic heterocycles. The predicted octanol–water partition coefficient (Wildman–Crippen LogP) is 3.09. The van der Waals surface area contributed by atoms with Crippen LogP contribution in [0.3, 0.4) is 0 Å². The number of carbonyl (C=O) groups excluding carboxylic acids is 2. The van der Waals surface area contributed by atoms with Crippen molar-refractivity contribution >= 4 is 29.3 Å². The van der Waals surface area contributed by atoms with E-state index in [1.54, 1.807) is 36.0 Å². The zero-order valence-corrected chi connectivity index (χ0v) is 16.2. The van der Waals surface area contributed by atoms with Gasteiger partial charge >= 0.3 is 0 Å². The standard InChI is InChI=1S/C20H25N3O2S/c1-23(2)12-11-21-19(24)17-5-4-6-18(13-17)22-20(25)16-9-7-15(8-10-16)14-26-3/h4-10,13H,11-12,14H2,1-3H3,(H,21,24)(H,22,25). The van der Waals surface area contributed by atoms with E-state index < -0.39 is 0 Å². The first-order valence-corrected chi connectivity index (χ1v) is 9.81. The Morgan fingerprint density at radius 3 is 2.38 bits per heavy atom. The summed E-state index contributed by atoms with van der Waals surface area (Å²) in [6.07, 6.45) is 2.05. The van der Waals surface area contributed by atoms with E-state index in [1.165, 1.54) is 5.56 Å². The van der Waals surface area contributed by atoms with Crippen LogP contribution in [0, 0.1) is 0 Å². The second kappa shape index (κ2) is 9.99. The topological polar surface area (TPSA) is 61.4 Å². The summed E-state index contributed by atoms with van der Waals surface area (Å²) in [6.45, 7) is 1.35. The first-order chi connectivity index (χ1) is 12.5. The molecule has 2 aromatic carbocycles. The van der Waals surface area contributed by atoms with Crippen molar-refractivity contribution in [2.45, 2.75) is 5.75 Å². The van der Waals surface area contributed by atoms with Gasteiger partial charge in [-0.05, 0) is 56.2 Å². The molecule has 0 spiro atoms. The van der Waals surface area contributed by atoms with Crippen LogP contribution in [0.15, 0.2) is 48.5 Å². The largest absolute Gasteiger partial charge is 0.351 e. The molecular weight excluding hydrogens is 346 g/mol. The van der Waals surface area contributed by atoms with Gasteiger partial charge in [-0.1, -0.05) is 18.2 Å². The Balaban J connectivity index is 1.98. The van der Waals surface area contributed by atoms with Gasteiger partial charge in [0.2, 0.25) is 0 Å². The molecule has 0 aromatic heterocycles. The van der Waals surface area contributed by atoms with Crippen LogP contribution >= 0.6 is 11.8 Å². The number of rotatable bonds is 8. The van der Waals surface area contributed by atoms with Gasteiger partial charge in [-0.15, -0.1) is 0 Å². The van der Waals surface area contributed by atoms with Crippen LogP contribution in [-0.2, 0) is 5.75 Å². The van der Waals surface area contributed by atoms with Crippen molar-refractivity contribution in [1.29, 1.82) is 0 Å². The fourth-order valence-electron chi connectivity index (χ4n) is 2.36. The van der Waals surface area contributed by atoms with Gasteiger partial charge in [-0.25, -0.2) is 0 Å². The first-order valence-electron chi connectivity index (χ1n) is 8.42. The SMILES string of the molecule is CSCc1ccc(C(=O)Nc2cccc(C(=O)NCCN(C)C)c2)cc1. The summed E-state index contributed by atoms with van der Waals surface area (Å²) in [6, 6.07) is 14.5. The van der Waals surface area contributed by atoms with Gasteiger partial charge in [0.05, 0.1) is 0 Å². The molecule has 0 aliphatic rings. The van der Waals surface area contributed by atoms with Crippen LogP contribution in [0.5, 0.6) is 0 Å². The van der Waals surface area contributed by atoms with Crippen molar-refractivity contribution in [1.82, 2.24) is 10.2 Å². The number of anilines is 1. The molecule has 0 saturated heterocycles. The van der Waals surface area contributed by atoms with E-state index in [-0.39, 0.29) is 11.8 Å². The van der Waals surface area contributed by atoms with Crippen molar-refractivity contribution in [3.05, 3.63) is 65.2 Å². The van der Waals surface area contributed by atoms with E-state index in [0.717, 1.165) is 12.3 Å². The van der Waals surface area contributed by atoms with Gasteiger partial charge in [0, 0.05) is 35.7 Å². The van der Waals surface area contributed by atoms with Crippen LogP contribution in [0.2, 0.25) is 0 Å². The summed E-state index contributed by atoms with van der Waals surface area (Å²) in [5.74, 6) is 0.586. The predicted molar refractivity (Wildman–Crippen MR) is 109 cm³/mol. The molecule has 138 valence electrons. The molecule has 0 saturated carbocycles. The Bertz CT molecular complexity index is 745. The lowest BCUT2D eigenvalue weighted by Gasteiger charge is -2.11. The van der Waals surface area contributed by atoms with Gasteiger partial charge in [0.15, 0.2) is 0 Å². The van der Waals surface area contributed by atoms with Gasteiger partial charge in [0.25, 0.3) is 11.8 Å². The van der Waals surface area contributed by atoms with Crippen LogP contribution in [0.4, 0.5) is 5.69 Å². The van der Waals surface area contributed by atoms with Gasteiger partial charge in [-0.3, -0.25) is 9.59 Å². The Kier molecular flexibility index (Phi) is 7.69. The summed E-state index contributed by atoms with van der Waals surface area (Å²) in [4.78, 5) is 26.6. The molecule has 0 bridgehead atoms. The molecule has 0 heterocycles. The second-order valence-electron chi connectivity index (χ2n) is 6.22. The molecule has 6 heteroatoms. The number of nitrogens with one attached hydrogen (secondary N) is 2. The zero-order valence-electron chi connectivity index (χ0n) is 15.4. The number of thioether (sulfide) groups is 1. The van der Waals surface area contributed by atoms with E-state index in [9.17, 15) is 9.59 Å². The summed E-state index contributed by atoms with van der Waals surface area (Å²) in [5, 5.41) is 5.71. The molecule has 2 amide bonds. The van der Waals surface area contributed by atoms with Crippen LogP contribution in [0.25, 0.3) is 0 Å². The van der Waals surface area contributed by atoms with E-state index in [0.29, 0.717) is 23.4 Å². The second-order valence-corrected chi connectivity index (χ2v) is 7.09. The monoisotopic (exact) mass is 371 g/mol. The van der Waals surface area contributed by atoms with Gasteiger partial charge in [-0.2, -0.15) is 11.8 Å². The minimum absolute atomic E-state index is 0.149. The highest BCUT2D eigenvalue weighted by molar-refractivity contribution is 7.97. The van der Waals surface area contributed by atoms with Crippen molar-refractivity contribution in [2.75, 3.05) is 38.8 Å². The fourth-order valence-corrected chi connectivity index (χ4v) is 2.88. The zero-order chi connectivity index (χ0) is 18.9. The van der Waals surface area contributed by atoms with E-state index in [1.807, 2.05) is 49.5 Å². The third-order valence-electron chi connectivity index (χ3n) is 3.75. The van der Waals surface area contributed by atoms with Crippen LogP contribution < -0.4 is 10.6 Å². The van der Waals surface area contributed by atoms with Crippen molar-refractivity contribution in [3.63, 3.8) is 0 Å². The number of likely N-dealkylation sites (N-methyl/N-ethyl adjacent to an activating group) is 1. The number of nitrogens with zero attached hydrogens (tertiary/aromatic N) is 1. The molecule has 0 aliphatic carbocycles. The summed E-state index contributed by atoms with van der Waals surface area (Å²) in [5.41, 5.74) is 2.90. The third-order valence-corrected chi connectivity index (χ3v) is 4.38. The molecule has 2 rings (SSSR count). The molecular formula is C20H25N3O2S. The van der Waals surface area contributed by atoms with Gasteiger partial charge < -0.3 is 15.5 Å². The van der Waals surface area contributed by atoms with E-state index in [2.05, 4.69) is 10.6 Å². The molecule has 2 N–H and O–H groups in total. The minimum Gasteiger partial charge on any atom is -0.351 e. The highest BCUT2D eigenvalue weighted by Gasteiger charge is 2.09. The van der Waals surface area contributed by atoms with E-state index >= 15 is 0 Å². The number of benzene rings is 2. The van der Waals surface area contributed by atoms with Gasteiger partial charge in [0.1, 0.15) is 0 Å². The normalized spacial score (nSPS) is 10.6. The van der Waals surface area contributed by atoms with Crippen LogP contribution in [0.1, 0.15) is 26.3 Å². The lowest BCUT2D eigenvalue weighted by molar-refractivity contribution is 0.0949. The molecule has 26 heavy (non-hydrogen) atoms. The van der Waals surface area contributed by atoms with Crippen molar-refractivity contribution < 1.29 is 9.59 Å². The lowest BCUT2D eigenvalue weighted by atomic mass is 10.1. The average molecular weight is 372 g/mol. The van der Waals surface area contributed by atoms with Crippen LogP contribution in [-0.4, -0.2) is 50.2 Å². The maximum atomic E-state index is 12.4. The number of hydrogen-bond donors (Lipinski definition) is 2. The molecule has 5 nitrogen and oxygen atoms in total. The minimum atomic E-state index is -0.189. The quantitative estimate of drug-likeness (QED) is 0.749. The van der Waals surface area contributed by atoms with Crippen molar-refractivity contribution in [3.8, 4) is 0 Å². The molecule has 0 unspecified atom stereocenters. The number of carbonyl (C=O) groups is 2. The number of amides is 2. The molecule has 2 aromatic rings. The fraction of sp³-hybridized carbons (Fsp3) is 0.300. The molecule has 0 fully saturated rings. The maximum Gasteiger partial charge on any atom is 0.255 e. The Morgan fingerprint density at radius 2 is 1.73 bits per heavy atom. The smallest absolute Gasteiger partial charge is 0.255 e. The third kappa shape index (κ3) is 6.20. The van der Waals surface area contributed by atoms with E-state index in [4.69, 9.17) is 0 Å². The maximum absolute atomic E-state index is 12.4. The Morgan fingerprint density at radius 1 is 1.00 bits per heavy atom. The summed E-state index contributed by atoms with van der Waals surface area (Å²) >= 11 is 1.74. The highest BCUT2D eigenvalue weighted by Crippen LogP contribution is 2.14. The number of hydrogen-bond acceptors (Lipinski definition) is 4.